The van der Waals surface area contributed by atoms with Crippen LogP contribution in [0.3, 0.4) is 0 Å². The van der Waals surface area contributed by atoms with Crippen molar-refractivity contribution in [3.05, 3.63) is 22.2 Å². The number of hydrogen-bond donors (Lipinski definition) is 1. The lowest BCUT2D eigenvalue weighted by molar-refractivity contribution is 0.135. The van der Waals surface area contributed by atoms with E-state index in [1.807, 2.05) is 12.1 Å². The van der Waals surface area contributed by atoms with E-state index >= 15 is 0 Å². The predicted octanol–water partition coefficient (Wildman–Crippen LogP) is 2.26. The standard InChI is InChI=1S/C15H24BrNO4/c1-18-8-5-17-6-9-21-7-4-12-10-14(19-2)15(20-3)11-13(12)16/h10-11,17H,4-9H2,1-3H3. The molecule has 0 fully saturated rings. The summed E-state index contributed by atoms with van der Waals surface area (Å²) in [6, 6.07) is 3.89. The van der Waals surface area contributed by atoms with Crippen molar-refractivity contribution in [3.8, 4) is 11.5 Å². The van der Waals surface area contributed by atoms with E-state index in [0.29, 0.717) is 13.2 Å². The molecule has 0 aliphatic heterocycles. The minimum Gasteiger partial charge on any atom is -0.493 e. The van der Waals surface area contributed by atoms with E-state index in [4.69, 9.17) is 18.9 Å². The minimum atomic E-state index is 0.667. The average Bonchev–Trinajstić information content (AvgIpc) is 2.50. The van der Waals surface area contributed by atoms with Gasteiger partial charge in [0.15, 0.2) is 11.5 Å². The zero-order valence-corrected chi connectivity index (χ0v) is 14.5. The van der Waals surface area contributed by atoms with Crippen LogP contribution in [0.4, 0.5) is 0 Å². The molecular formula is C15H24BrNO4. The van der Waals surface area contributed by atoms with E-state index in [0.717, 1.165) is 47.7 Å². The van der Waals surface area contributed by atoms with Crippen LogP contribution in [-0.4, -0.2) is 54.2 Å². The fourth-order valence-electron chi connectivity index (χ4n) is 1.82. The number of nitrogens with one attached hydrogen (secondary N) is 1. The van der Waals surface area contributed by atoms with Crippen LogP contribution in [0.1, 0.15) is 5.56 Å². The van der Waals surface area contributed by atoms with Crippen LogP contribution < -0.4 is 14.8 Å². The molecule has 1 aromatic carbocycles. The van der Waals surface area contributed by atoms with Crippen LogP contribution in [0.5, 0.6) is 11.5 Å². The van der Waals surface area contributed by atoms with Crippen molar-refractivity contribution < 1.29 is 18.9 Å². The van der Waals surface area contributed by atoms with Gasteiger partial charge in [0.25, 0.3) is 0 Å². The first-order valence-corrected chi connectivity index (χ1v) is 7.70. The molecule has 1 rings (SSSR count). The first-order valence-electron chi connectivity index (χ1n) is 6.90. The molecule has 0 unspecified atom stereocenters. The normalized spacial score (nSPS) is 10.7. The Bertz CT molecular complexity index is 415. The van der Waals surface area contributed by atoms with Crippen molar-refractivity contribution >= 4 is 15.9 Å². The lowest BCUT2D eigenvalue weighted by Crippen LogP contribution is -2.23. The zero-order valence-electron chi connectivity index (χ0n) is 12.9. The van der Waals surface area contributed by atoms with Crippen molar-refractivity contribution in [2.75, 3.05) is 54.2 Å². The van der Waals surface area contributed by atoms with E-state index in [9.17, 15) is 0 Å². The number of rotatable bonds is 11. The highest BCUT2D eigenvalue weighted by Crippen LogP contribution is 2.33. The summed E-state index contributed by atoms with van der Waals surface area (Å²) in [5, 5.41) is 3.23. The molecule has 21 heavy (non-hydrogen) atoms. The summed E-state index contributed by atoms with van der Waals surface area (Å²) in [5.74, 6) is 1.45. The second-order valence-electron chi connectivity index (χ2n) is 4.40. The topological polar surface area (TPSA) is 49.0 Å². The maximum atomic E-state index is 5.61. The maximum Gasteiger partial charge on any atom is 0.161 e. The third-order valence-electron chi connectivity index (χ3n) is 2.97. The summed E-state index contributed by atoms with van der Waals surface area (Å²) in [4.78, 5) is 0. The third-order valence-corrected chi connectivity index (χ3v) is 3.71. The molecule has 0 spiro atoms. The van der Waals surface area contributed by atoms with Gasteiger partial charge in [0.05, 0.1) is 34.0 Å². The summed E-state index contributed by atoms with van der Waals surface area (Å²) in [7, 11) is 4.96. The second-order valence-corrected chi connectivity index (χ2v) is 5.26. The molecule has 0 atom stereocenters. The first kappa shape index (κ1) is 18.2. The van der Waals surface area contributed by atoms with Gasteiger partial charge < -0.3 is 24.3 Å². The molecule has 0 saturated carbocycles. The molecule has 0 heterocycles. The van der Waals surface area contributed by atoms with Crippen molar-refractivity contribution in [1.82, 2.24) is 5.32 Å². The van der Waals surface area contributed by atoms with Gasteiger partial charge in [-0.1, -0.05) is 15.9 Å². The van der Waals surface area contributed by atoms with Gasteiger partial charge in [-0.05, 0) is 24.1 Å². The van der Waals surface area contributed by atoms with E-state index in [2.05, 4.69) is 21.2 Å². The van der Waals surface area contributed by atoms with Crippen molar-refractivity contribution in [3.63, 3.8) is 0 Å². The van der Waals surface area contributed by atoms with Crippen LogP contribution in [-0.2, 0) is 15.9 Å². The van der Waals surface area contributed by atoms with Crippen molar-refractivity contribution in [2.24, 2.45) is 0 Å². The van der Waals surface area contributed by atoms with Crippen LogP contribution in [0, 0.1) is 0 Å². The Morgan fingerprint density at radius 1 is 0.952 bits per heavy atom. The van der Waals surface area contributed by atoms with Gasteiger partial charge >= 0.3 is 0 Å². The summed E-state index contributed by atoms with van der Waals surface area (Å²) < 4.78 is 22.1. The lowest BCUT2D eigenvalue weighted by atomic mass is 10.1. The molecule has 1 N–H and O–H groups in total. The number of hydrogen-bond acceptors (Lipinski definition) is 5. The summed E-state index contributed by atoms with van der Waals surface area (Å²) in [5.41, 5.74) is 1.14. The molecule has 0 aliphatic carbocycles. The number of halogens is 1. The molecule has 1 aromatic rings. The fourth-order valence-corrected chi connectivity index (χ4v) is 2.34. The van der Waals surface area contributed by atoms with Crippen LogP contribution in [0.2, 0.25) is 0 Å². The fraction of sp³-hybridized carbons (Fsp3) is 0.600. The monoisotopic (exact) mass is 361 g/mol. The molecule has 6 heteroatoms. The average molecular weight is 362 g/mol. The molecule has 5 nitrogen and oxygen atoms in total. The predicted molar refractivity (Wildman–Crippen MR) is 86.5 cm³/mol. The van der Waals surface area contributed by atoms with Gasteiger partial charge in [0.1, 0.15) is 0 Å². The lowest BCUT2D eigenvalue weighted by Gasteiger charge is -2.12. The molecule has 0 radical (unpaired) electrons. The Labute approximate surface area is 135 Å². The molecule has 0 aliphatic rings. The molecule has 0 saturated heterocycles. The quantitative estimate of drug-likeness (QED) is 0.612. The van der Waals surface area contributed by atoms with E-state index < -0.39 is 0 Å². The Hall–Kier alpha value is -0.820. The van der Waals surface area contributed by atoms with Crippen LogP contribution >= 0.6 is 15.9 Å². The summed E-state index contributed by atoms with van der Waals surface area (Å²) in [6.07, 6.45) is 0.818. The maximum absolute atomic E-state index is 5.61. The third kappa shape index (κ3) is 6.65. The van der Waals surface area contributed by atoms with Gasteiger partial charge in [0.2, 0.25) is 0 Å². The van der Waals surface area contributed by atoms with E-state index in [1.54, 1.807) is 21.3 Å². The minimum absolute atomic E-state index is 0.667. The smallest absolute Gasteiger partial charge is 0.161 e. The Balaban J connectivity index is 2.32. The van der Waals surface area contributed by atoms with Crippen LogP contribution in [0.25, 0.3) is 0 Å². The summed E-state index contributed by atoms with van der Waals surface area (Å²) >= 11 is 3.55. The number of benzene rings is 1. The summed E-state index contributed by atoms with van der Waals surface area (Å²) in [6.45, 7) is 3.75. The molecule has 0 amide bonds. The highest BCUT2D eigenvalue weighted by atomic mass is 79.9. The first-order chi connectivity index (χ1) is 10.2. The Kier molecular flexibility index (Phi) is 9.41. The van der Waals surface area contributed by atoms with Gasteiger partial charge in [-0.15, -0.1) is 0 Å². The SMILES string of the molecule is COCCNCCOCCc1cc(OC)c(OC)cc1Br. The number of methoxy groups -OCH3 is 3. The van der Waals surface area contributed by atoms with E-state index in [-0.39, 0.29) is 0 Å². The molecule has 0 bridgehead atoms. The molecular weight excluding hydrogens is 338 g/mol. The van der Waals surface area contributed by atoms with Crippen molar-refractivity contribution in [1.29, 1.82) is 0 Å². The Morgan fingerprint density at radius 3 is 2.29 bits per heavy atom. The van der Waals surface area contributed by atoms with Crippen molar-refractivity contribution in [2.45, 2.75) is 6.42 Å². The highest BCUT2D eigenvalue weighted by molar-refractivity contribution is 9.10. The van der Waals surface area contributed by atoms with E-state index in [1.165, 1.54) is 0 Å². The van der Waals surface area contributed by atoms with Gasteiger partial charge in [-0.2, -0.15) is 0 Å². The van der Waals surface area contributed by atoms with Crippen LogP contribution in [0.15, 0.2) is 16.6 Å². The molecule has 0 aromatic heterocycles. The number of ether oxygens (including phenoxy) is 4. The van der Waals surface area contributed by atoms with Gasteiger partial charge in [-0.3, -0.25) is 0 Å². The highest BCUT2D eigenvalue weighted by Gasteiger charge is 2.09. The van der Waals surface area contributed by atoms with Gasteiger partial charge in [-0.25, -0.2) is 0 Å². The Morgan fingerprint density at radius 2 is 1.62 bits per heavy atom. The molecule has 120 valence electrons. The largest absolute Gasteiger partial charge is 0.493 e. The zero-order chi connectivity index (χ0) is 15.5. The second kappa shape index (κ2) is 10.8. The van der Waals surface area contributed by atoms with Gasteiger partial charge in [0, 0.05) is 24.7 Å².